The van der Waals surface area contributed by atoms with Crippen molar-refractivity contribution in [1.29, 1.82) is 0 Å². The summed E-state index contributed by atoms with van der Waals surface area (Å²) in [6.45, 7) is 0. The van der Waals surface area contributed by atoms with Gasteiger partial charge in [-0.05, 0) is 37.8 Å². The van der Waals surface area contributed by atoms with Crippen LogP contribution in [0.1, 0.15) is 32.1 Å². The minimum absolute atomic E-state index is 0.0163. The molecule has 24 heavy (non-hydrogen) atoms. The predicted molar refractivity (Wildman–Crippen MR) is 84.7 cm³/mol. The van der Waals surface area contributed by atoms with Crippen LogP contribution in [0, 0.1) is 0 Å². The highest BCUT2D eigenvalue weighted by Crippen LogP contribution is 2.43. The summed E-state index contributed by atoms with van der Waals surface area (Å²) in [5.41, 5.74) is 11.1. The molecule has 0 amide bonds. The lowest BCUT2D eigenvalue weighted by atomic mass is 9.87. The average Bonchev–Trinajstić information content (AvgIpc) is 2.47. The quantitative estimate of drug-likeness (QED) is 0.865. The van der Waals surface area contributed by atoms with Crippen LogP contribution in [0.15, 0.2) is 34.3 Å². The highest BCUT2D eigenvalue weighted by atomic mass is 19.4. The third kappa shape index (κ3) is 3.10. The van der Waals surface area contributed by atoms with Crippen molar-refractivity contribution in [2.24, 2.45) is 21.5 Å². The zero-order valence-electron chi connectivity index (χ0n) is 12.9. The monoisotopic (exact) mass is 341 g/mol. The lowest BCUT2D eigenvalue weighted by molar-refractivity contribution is -0.274. The number of hydrogen-bond acceptors (Lipinski definition) is 6. The first-order valence-electron chi connectivity index (χ1n) is 7.65. The fourth-order valence-corrected chi connectivity index (χ4v) is 3.32. The first-order valence-corrected chi connectivity index (χ1v) is 7.65. The lowest BCUT2D eigenvalue weighted by Gasteiger charge is -2.45. The molecule has 0 aromatic heterocycles. The van der Waals surface area contributed by atoms with E-state index >= 15 is 0 Å². The van der Waals surface area contributed by atoms with E-state index in [1.165, 1.54) is 23.1 Å². The standard InChI is InChI=1S/C15H18F3N5O/c16-15(17,18)24-11-7-3-2-6-10(11)23-13(20)21-12(19)22-14(23)8-4-1-5-9-14/h2-3,6-7H,1,4-5,8-9H2,(H4,19,20,21,22). The molecular formula is C15H18F3N5O. The number of ether oxygens (including phenoxy) is 1. The summed E-state index contributed by atoms with van der Waals surface area (Å²) in [5, 5.41) is 0. The van der Waals surface area contributed by atoms with Gasteiger partial charge in [-0.1, -0.05) is 18.6 Å². The van der Waals surface area contributed by atoms with Crippen molar-refractivity contribution >= 4 is 17.6 Å². The van der Waals surface area contributed by atoms with Gasteiger partial charge in [-0.2, -0.15) is 4.99 Å². The molecule has 1 aliphatic heterocycles. The normalized spacial score (nSPS) is 20.5. The van der Waals surface area contributed by atoms with Crippen molar-refractivity contribution in [2.75, 3.05) is 4.90 Å². The SMILES string of the molecule is NC1=NC2(CCCCC2)N(c2ccccc2OC(F)(F)F)C(N)=N1. The first kappa shape index (κ1) is 16.4. The number of aliphatic imine (C=N–C) groups is 2. The molecule has 1 aromatic rings. The minimum atomic E-state index is -4.81. The van der Waals surface area contributed by atoms with Gasteiger partial charge in [-0.3, -0.25) is 4.90 Å². The van der Waals surface area contributed by atoms with Crippen molar-refractivity contribution in [3.8, 4) is 5.75 Å². The number of anilines is 1. The highest BCUT2D eigenvalue weighted by Gasteiger charge is 2.44. The van der Waals surface area contributed by atoms with Crippen molar-refractivity contribution < 1.29 is 17.9 Å². The maximum absolute atomic E-state index is 12.7. The molecular weight excluding hydrogens is 323 g/mol. The molecule has 0 bridgehead atoms. The molecule has 2 aliphatic rings. The van der Waals surface area contributed by atoms with Crippen LogP contribution in [0.4, 0.5) is 18.9 Å². The molecule has 1 saturated carbocycles. The molecule has 0 atom stereocenters. The van der Waals surface area contributed by atoms with Crippen molar-refractivity contribution in [3.63, 3.8) is 0 Å². The summed E-state index contributed by atoms with van der Waals surface area (Å²) in [6, 6.07) is 5.84. The number of halogens is 3. The topological polar surface area (TPSA) is 89.2 Å². The molecule has 0 saturated heterocycles. The average molecular weight is 341 g/mol. The Morgan fingerprint density at radius 1 is 1.08 bits per heavy atom. The third-order valence-electron chi connectivity index (χ3n) is 4.18. The second-order valence-electron chi connectivity index (χ2n) is 5.83. The van der Waals surface area contributed by atoms with Gasteiger partial charge >= 0.3 is 6.36 Å². The van der Waals surface area contributed by atoms with E-state index in [4.69, 9.17) is 11.5 Å². The van der Waals surface area contributed by atoms with Gasteiger partial charge in [0.2, 0.25) is 11.9 Å². The highest BCUT2D eigenvalue weighted by molar-refractivity contribution is 6.06. The summed E-state index contributed by atoms with van der Waals surface area (Å²) in [7, 11) is 0. The first-order chi connectivity index (χ1) is 11.3. The summed E-state index contributed by atoms with van der Waals surface area (Å²) in [6.07, 6.45) is -0.761. The van der Waals surface area contributed by atoms with Crippen molar-refractivity contribution in [2.45, 2.75) is 44.1 Å². The summed E-state index contributed by atoms with van der Waals surface area (Å²) in [5.74, 6) is -0.286. The van der Waals surface area contributed by atoms with Gasteiger partial charge in [-0.15, -0.1) is 13.2 Å². The molecule has 3 rings (SSSR count). The van der Waals surface area contributed by atoms with E-state index in [0.29, 0.717) is 12.8 Å². The zero-order valence-corrected chi connectivity index (χ0v) is 12.9. The molecule has 1 heterocycles. The van der Waals surface area contributed by atoms with Gasteiger partial charge < -0.3 is 16.2 Å². The van der Waals surface area contributed by atoms with Crippen LogP contribution >= 0.6 is 0 Å². The number of guanidine groups is 2. The Kier molecular flexibility index (Phi) is 4.02. The number of nitrogens with zero attached hydrogens (tertiary/aromatic N) is 3. The van der Waals surface area contributed by atoms with E-state index < -0.39 is 12.0 Å². The predicted octanol–water partition coefficient (Wildman–Crippen LogP) is 2.70. The summed E-state index contributed by atoms with van der Waals surface area (Å²) < 4.78 is 42.4. The number of alkyl halides is 3. The number of rotatable bonds is 2. The number of benzene rings is 1. The molecule has 6 nitrogen and oxygen atoms in total. The number of nitrogens with two attached hydrogens (primary N) is 2. The maximum atomic E-state index is 12.7. The molecule has 0 unspecified atom stereocenters. The molecule has 9 heteroatoms. The Bertz CT molecular complexity index is 680. The van der Waals surface area contributed by atoms with Gasteiger partial charge in [0.1, 0.15) is 5.66 Å². The van der Waals surface area contributed by atoms with Crippen LogP contribution in [-0.4, -0.2) is 23.9 Å². The van der Waals surface area contributed by atoms with Crippen molar-refractivity contribution in [3.05, 3.63) is 24.3 Å². The molecule has 1 aliphatic carbocycles. The number of hydrogen-bond donors (Lipinski definition) is 2. The third-order valence-corrected chi connectivity index (χ3v) is 4.18. The minimum Gasteiger partial charge on any atom is -0.404 e. The smallest absolute Gasteiger partial charge is 0.404 e. The number of para-hydroxylation sites is 2. The largest absolute Gasteiger partial charge is 0.573 e. The van der Waals surface area contributed by atoms with E-state index in [1.54, 1.807) is 6.07 Å². The van der Waals surface area contributed by atoms with E-state index in [9.17, 15) is 13.2 Å². The maximum Gasteiger partial charge on any atom is 0.573 e. The molecule has 1 fully saturated rings. The fourth-order valence-electron chi connectivity index (χ4n) is 3.32. The molecule has 130 valence electrons. The van der Waals surface area contributed by atoms with E-state index in [1.807, 2.05) is 0 Å². The van der Waals surface area contributed by atoms with Gasteiger partial charge in [0.15, 0.2) is 5.75 Å². The van der Waals surface area contributed by atoms with Crippen LogP contribution in [0.5, 0.6) is 5.75 Å². The lowest BCUT2D eigenvalue weighted by Crippen LogP contribution is -2.58. The molecule has 1 spiro atoms. The summed E-state index contributed by atoms with van der Waals surface area (Å²) >= 11 is 0. The van der Waals surface area contributed by atoms with Crippen LogP contribution in [0.3, 0.4) is 0 Å². The van der Waals surface area contributed by atoms with Crippen LogP contribution < -0.4 is 21.1 Å². The van der Waals surface area contributed by atoms with Crippen LogP contribution in [0.2, 0.25) is 0 Å². The Morgan fingerprint density at radius 3 is 2.42 bits per heavy atom. The summed E-state index contributed by atoms with van der Waals surface area (Å²) in [4.78, 5) is 9.89. The molecule has 1 aromatic carbocycles. The van der Waals surface area contributed by atoms with E-state index in [-0.39, 0.29) is 23.4 Å². The Labute approximate surface area is 137 Å². The fraction of sp³-hybridized carbons (Fsp3) is 0.467. The van der Waals surface area contributed by atoms with Crippen LogP contribution in [-0.2, 0) is 0 Å². The second-order valence-corrected chi connectivity index (χ2v) is 5.83. The van der Waals surface area contributed by atoms with Crippen LogP contribution in [0.25, 0.3) is 0 Å². The Hall–Kier alpha value is -2.45. The molecule has 4 N–H and O–H groups in total. The van der Waals surface area contributed by atoms with Gasteiger partial charge in [0.05, 0.1) is 5.69 Å². The van der Waals surface area contributed by atoms with Gasteiger partial charge in [0, 0.05) is 0 Å². The zero-order chi connectivity index (χ0) is 17.4. The Morgan fingerprint density at radius 2 is 1.75 bits per heavy atom. The Balaban J connectivity index is 2.08. The van der Waals surface area contributed by atoms with Gasteiger partial charge in [-0.25, -0.2) is 4.99 Å². The second kappa shape index (κ2) is 5.88. The van der Waals surface area contributed by atoms with E-state index in [2.05, 4.69) is 14.7 Å². The van der Waals surface area contributed by atoms with Gasteiger partial charge in [0.25, 0.3) is 0 Å². The molecule has 0 radical (unpaired) electrons. The van der Waals surface area contributed by atoms with Crippen molar-refractivity contribution in [1.82, 2.24) is 0 Å². The van der Waals surface area contributed by atoms with E-state index in [0.717, 1.165) is 19.3 Å².